The Morgan fingerprint density at radius 1 is 1.26 bits per heavy atom. The number of carbonyl (C=O) groups is 1. The number of hydrogen-bond donors (Lipinski definition) is 3. The van der Waals surface area contributed by atoms with Crippen LogP contribution >= 0.6 is 11.3 Å². The van der Waals surface area contributed by atoms with Crippen LogP contribution in [0.25, 0.3) is 20.9 Å². The molecule has 2 aromatic carbocycles. The van der Waals surface area contributed by atoms with Crippen LogP contribution in [0.2, 0.25) is 0 Å². The van der Waals surface area contributed by atoms with Crippen LogP contribution in [0.4, 0.5) is 10.1 Å². The maximum absolute atomic E-state index is 15.7. The highest BCUT2D eigenvalue weighted by molar-refractivity contribution is 7.21. The second kappa shape index (κ2) is 7.99. The summed E-state index contributed by atoms with van der Waals surface area (Å²) in [7, 11) is 1.52. The minimum absolute atomic E-state index is 0.185. The number of benzene rings is 2. The molecule has 2 aliphatic rings. The Bertz CT molecular complexity index is 1320. The lowest BCUT2D eigenvalue weighted by Gasteiger charge is -2.28. The van der Waals surface area contributed by atoms with Gasteiger partial charge in [-0.3, -0.25) is 4.79 Å². The number of phenols is 1. The summed E-state index contributed by atoms with van der Waals surface area (Å²) in [6.45, 7) is 7.00. The fourth-order valence-corrected chi connectivity index (χ4v) is 6.66. The largest absolute Gasteiger partial charge is 0.506 e. The Hall–Kier alpha value is -2.58. The topological polar surface area (TPSA) is 96.0 Å². The average Bonchev–Trinajstić information content (AvgIpc) is 3.38. The molecule has 4 N–H and O–H groups in total. The summed E-state index contributed by atoms with van der Waals surface area (Å²) in [4.78, 5) is 14.7. The molecule has 1 aliphatic carbocycles. The minimum Gasteiger partial charge on any atom is -0.506 e. The van der Waals surface area contributed by atoms with Crippen LogP contribution in [-0.4, -0.2) is 41.7 Å². The summed E-state index contributed by atoms with van der Waals surface area (Å²) in [5.41, 5.74) is 7.28. The van der Waals surface area contributed by atoms with Crippen molar-refractivity contribution in [3.63, 3.8) is 0 Å². The second-order valence-corrected chi connectivity index (χ2v) is 11.2. The molecule has 0 amide bonds. The lowest BCUT2D eigenvalue weighted by Crippen LogP contribution is -2.42. The number of nitrogens with two attached hydrogens (primary N) is 1. The predicted octanol–water partition coefficient (Wildman–Crippen LogP) is 5.65. The van der Waals surface area contributed by atoms with Crippen LogP contribution in [0.3, 0.4) is 0 Å². The number of ether oxygens (including phenoxy) is 1. The van der Waals surface area contributed by atoms with E-state index in [0.717, 1.165) is 24.8 Å². The standard InChI is InChI=1S/C26H31FN2O4S/c1-5-16(30)24-22(32)19-21(31)14-10-15(27)20(29-9-8-13(11-29)26(2,3)28)23(33-4)18(14)17(12-6-7-12)25(19)34-24/h10,12-13,31-32H,5-9,11,28H2,1-4H3/t13-/m1/s1. The summed E-state index contributed by atoms with van der Waals surface area (Å²) >= 11 is 1.21. The molecule has 0 unspecified atom stereocenters. The van der Waals surface area contributed by atoms with Gasteiger partial charge in [-0.1, -0.05) is 6.92 Å². The Balaban J connectivity index is 1.82. The number of fused-ring (bicyclic) bond motifs is 2. The van der Waals surface area contributed by atoms with Crippen LogP contribution in [0.15, 0.2) is 6.07 Å². The van der Waals surface area contributed by atoms with E-state index in [0.29, 0.717) is 40.0 Å². The lowest BCUT2D eigenvalue weighted by atomic mass is 9.88. The van der Waals surface area contributed by atoms with Gasteiger partial charge in [0, 0.05) is 40.5 Å². The van der Waals surface area contributed by atoms with E-state index in [-0.39, 0.29) is 51.3 Å². The van der Waals surface area contributed by atoms with Crippen molar-refractivity contribution < 1.29 is 24.1 Å². The highest BCUT2D eigenvalue weighted by Gasteiger charge is 2.38. The molecular formula is C26H31FN2O4S. The molecule has 0 spiro atoms. The molecule has 3 aromatic rings. The zero-order valence-corrected chi connectivity index (χ0v) is 20.8. The van der Waals surface area contributed by atoms with Gasteiger partial charge in [-0.15, -0.1) is 11.3 Å². The van der Waals surface area contributed by atoms with Crippen LogP contribution < -0.4 is 15.4 Å². The fourth-order valence-electron chi connectivity index (χ4n) is 5.33. The van der Waals surface area contributed by atoms with Crippen molar-refractivity contribution in [2.75, 3.05) is 25.1 Å². The van der Waals surface area contributed by atoms with Gasteiger partial charge >= 0.3 is 0 Å². The maximum atomic E-state index is 15.7. The van der Waals surface area contributed by atoms with Gasteiger partial charge in [0.15, 0.2) is 17.3 Å². The summed E-state index contributed by atoms with van der Waals surface area (Å²) in [6.07, 6.45) is 3.00. The number of ketones is 1. The first kappa shape index (κ1) is 23.2. The number of hydrogen-bond acceptors (Lipinski definition) is 7. The fraction of sp³-hybridized carbons (Fsp3) is 0.500. The van der Waals surface area contributed by atoms with Gasteiger partial charge in [0.2, 0.25) is 0 Å². The molecule has 182 valence electrons. The van der Waals surface area contributed by atoms with Crippen LogP contribution in [0.1, 0.15) is 67.6 Å². The second-order valence-electron chi connectivity index (χ2n) is 10.2. The molecular weight excluding hydrogens is 455 g/mol. The van der Waals surface area contributed by atoms with E-state index in [2.05, 4.69) is 0 Å². The monoisotopic (exact) mass is 486 g/mol. The molecule has 6 nitrogen and oxygen atoms in total. The lowest BCUT2D eigenvalue weighted by molar-refractivity contribution is 0.0990. The molecule has 8 heteroatoms. The van der Waals surface area contributed by atoms with Gasteiger partial charge in [0.25, 0.3) is 0 Å². The van der Waals surface area contributed by atoms with E-state index in [4.69, 9.17) is 10.5 Å². The van der Waals surface area contributed by atoms with Crippen molar-refractivity contribution in [1.82, 2.24) is 0 Å². The molecule has 1 aliphatic heterocycles. The van der Waals surface area contributed by atoms with E-state index >= 15 is 4.39 Å². The molecule has 0 bridgehead atoms. The third-order valence-corrected chi connectivity index (χ3v) is 8.67. The van der Waals surface area contributed by atoms with Crippen molar-refractivity contribution in [2.45, 2.75) is 57.9 Å². The summed E-state index contributed by atoms with van der Waals surface area (Å²) in [6, 6.07) is 1.34. The first-order valence-corrected chi connectivity index (χ1v) is 12.7. The first-order chi connectivity index (χ1) is 16.1. The SMILES string of the molecule is CCC(=O)c1sc2c(C3CC3)c3c(OC)c(N4CC[C@@H](C(C)(C)N)C4)c(F)cc3c(O)c2c1O. The van der Waals surface area contributed by atoms with Crippen molar-refractivity contribution in [1.29, 1.82) is 0 Å². The van der Waals surface area contributed by atoms with Crippen LogP contribution in [0, 0.1) is 11.7 Å². The summed E-state index contributed by atoms with van der Waals surface area (Å²) in [5.74, 6) is -0.307. The highest BCUT2D eigenvalue weighted by atomic mass is 32.1. The number of thiophene rings is 1. The van der Waals surface area contributed by atoms with Crippen LogP contribution in [0.5, 0.6) is 17.2 Å². The highest BCUT2D eigenvalue weighted by Crippen LogP contribution is 2.58. The molecule has 2 fully saturated rings. The van der Waals surface area contributed by atoms with Crippen molar-refractivity contribution >= 4 is 43.7 Å². The molecule has 1 atom stereocenters. The van der Waals surface area contributed by atoms with E-state index < -0.39 is 5.82 Å². The number of Topliss-reactive ketones (excluding diaryl/α,β-unsaturated/α-hetero) is 1. The Morgan fingerprint density at radius 2 is 1.97 bits per heavy atom. The normalized spacial score (nSPS) is 18.9. The van der Waals surface area contributed by atoms with E-state index in [1.807, 2.05) is 18.7 Å². The van der Waals surface area contributed by atoms with Gasteiger partial charge in [-0.2, -0.15) is 0 Å². The molecule has 5 rings (SSSR count). The maximum Gasteiger partial charge on any atom is 0.176 e. The predicted molar refractivity (Wildman–Crippen MR) is 134 cm³/mol. The smallest absolute Gasteiger partial charge is 0.176 e. The third kappa shape index (κ3) is 3.41. The Morgan fingerprint density at radius 3 is 2.53 bits per heavy atom. The molecule has 1 saturated carbocycles. The minimum atomic E-state index is -0.490. The van der Waals surface area contributed by atoms with E-state index in [1.165, 1.54) is 24.5 Å². The Kier molecular flexibility index (Phi) is 5.44. The third-order valence-electron chi connectivity index (χ3n) is 7.42. The number of nitrogens with zero attached hydrogens (tertiary/aromatic N) is 1. The molecule has 0 radical (unpaired) electrons. The molecule has 1 saturated heterocycles. The molecule has 2 heterocycles. The van der Waals surface area contributed by atoms with Crippen molar-refractivity contribution in [3.05, 3.63) is 22.3 Å². The van der Waals surface area contributed by atoms with Gasteiger partial charge < -0.3 is 25.6 Å². The zero-order valence-electron chi connectivity index (χ0n) is 20.0. The van der Waals surface area contributed by atoms with Gasteiger partial charge in [0.1, 0.15) is 22.1 Å². The van der Waals surface area contributed by atoms with Gasteiger partial charge in [0.05, 0.1) is 12.5 Å². The first-order valence-electron chi connectivity index (χ1n) is 11.9. The number of phenolic OH excluding ortho intramolecular Hbond substituents is 1. The number of halogens is 1. The number of methoxy groups -OCH3 is 1. The number of carbonyl (C=O) groups excluding carboxylic acids is 1. The number of anilines is 1. The summed E-state index contributed by atoms with van der Waals surface area (Å²) < 4.78 is 22.2. The van der Waals surface area contributed by atoms with Crippen molar-refractivity contribution in [3.8, 4) is 17.2 Å². The van der Waals surface area contributed by atoms with E-state index in [1.54, 1.807) is 6.92 Å². The zero-order chi connectivity index (χ0) is 24.5. The van der Waals surface area contributed by atoms with Gasteiger partial charge in [-0.25, -0.2) is 4.39 Å². The quantitative estimate of drug-likeness (QED) is 0.390. The molecule has 1 aromatic heterocycles. The summed E-state index contributed by atoms with van der Waals surface area (Å²) in [5, 5.41) is 23.3. The Labute approximate surface area is 202 Å². The van der Waals surface area contributed by atoms with Gasteiger partial charge in [-0.05, 0) is 56.6 Å². The van der Waals surface area contributed by atoms with Crippen LogP contribution in [-0.2, 0) is 0 Å². The number of rotatable bonds is 6. The molecule has 34 heavy (non-hydrogen) atoms. The van der Waals surface area contributed by atoms with E-state index in [9.17, 15) is 15.0 Å². The number of aromatic hydroxyl groups is 2. The van der Waals surface area contributed by atoms with Crippen molar-refractivity contribution in [2.24, 2.45) is 11.7 Å². The average molecular weight is 487 g/mol.